The van der Waals surface area contributed by atoms with Crippen LogP contribution in [-0.2, 0) is 4.79 Å². The van der Waals surface area contributed by atoms with Gasteiger partial charge in [0.25, 0.3) is 0 Å². The Balaban J connectivity index is 3.44. The number of hydrogen-bond acceptors (Lipinski definition) is 1. The van der Waals surface area contributed by atoms with Gasteiger partial charge >= 0.3 is 0 Å². The molecule has 0 heterocycles. The van der Waals surface area contributed by atoms with Gasteiger partial charge in [0.2, 0.25) is 5.91 Å². The lowest BCUT2D eigenvalue weighted by molar-refractivity contribution is -0.122. The number of unbranched alkanes of at least 4 members (excludes halogenated alkanes) is 14. The van der Waals surface area contributed by atoms with Crippen molar-refractivity contribution in [3.63, 3.8) is 0 Å². The molecular formula is C28H57NO. The Bertz CT molecular complexity index is 394. The number of hydrogen-bond donors (Lipinski definition) is 1. The maximum Gasteiger partial charge on any atom is 0.220 e. The van der Waals surface area contributed by atoms with E-state index in [4.69, 9.17) is 0 Å². The van der Waals surface area contributed by atoms with Gasteiger partial charge in [0.1, 0.15) is 0 Å². The molecule has 2 heteroatoms. The highest BCUT2D eigenvalue weighted by atomic mass is 16.1. The van der Waals surface area contributed by atoms with Gasteiger partial charge in [-0.15, -0.1) is 0 Å². The van der Waals surface area contributed by atoms with Crippen LogP contribution in [0.15, 0.2) is 0 Å². The fourth-order valence-electron chi connectivity index (χ4n) is 4.22. The summed E-state index contributed by atoms with van der Waals surface area (Å²) in [6.07, 6.45) is 24.6. The van der Waals surface area contributed by atoms with Gasteiger partial charge < -0.3 is 5.32 Å². The summed E-state index contributed by atoms with van der Waals surface area (Å²) < 4.78 is 0. The average Bonchev–Trinajstić information content (AvgIpc) is 2.63. The van der Waals surface area contributed by atoms with Crippen molar-refractivity contribution in [3.8, 4) is 0 Å². The van der Waals surface area contributed by atoms with Crippen molar-refractivity contribution in [1.82, 2.24) is 5.32 Å². The van der Waals surface area contributed by atoms with Gasteiger partial charge in [0.15, 0.2) is 0 Å². The molecular weight excluding hydrogens is 366 g/mol. The number of carbonyl (C=O) groups is 1. The van der Waals surface area contributed by atoms with Crippen LogP contribution in [0.3, 0.4) is 0 Å². The van der Waals surface area contributed by atoms with Crippen molar-refractivity contribution in [1.29, 1.82) is 0 Å². The molecule has 0 aliphatic carbocycles. The molecule has 1 N–H and O–H groups in total. The first-order chi connectivity index (χ1) is 14.2. The van der Waals surface area contributed by atoms with Crippen molar-refractivity contribution < 1.29 is 4.79 Å². The minimum absolute atomic E-state index is 0.0716. The van der Waals surface area contributed by atoms with E-state index in [9.17, 15) is 4.79 Å². The molecule has 1 amide bonds. The summed E-state index contributed by atoms with van der Waals surface area (Å²) in [5.41, 5.74) is 0.311. The van der Waals surface area contributed by atoms with E-state index < -0.39 is 0 Å². The smallest absolute Gasteiger partial charge is 0.220 e. The molecule has 180 valence electrons. The minimum Gasteiger partial charge on any atom is -0.351 e. The summed E-state index contributed by atoms with van der Waals surface area (Å²) in [5, 5.41) is 3.25. The number of rotatable bonds is 20. The number of nitrogens with one attached hydrogen (secondary N) is 1. The molecule has 0 aromatic heterocycles. The zero-order valence-electron chi connectivity index (χ0n) is 21.8. The molecule has 0 bridgehead atoms. The van der Waals surface area contributed by atoms with Crippen molar-refractivity contribution in [2.75, 3.05) is 0 Å². The molecule has 0 rings (SSSR count). The second kappa shape index (κ2) is 18.1. The van der Waals surface area contributed by atoms with Crippen molar-refractivity contribution in [2.24, 2.45) is 5.41 Å². The van der Waals surface area contributed by atoms with Crippen molar-refractivity contribution in [2.45, 2.75) is 169 Å². The van der Waals surface area contributed by atoms with Crippen LogP contribution in [0, 0.1) is 5.41 Å². The Morgan fingerprint density at radius 1 is 0.567 bits per heavy atom. The van der Waals surface area contributed by atoms with Gasteiger partial charge in [-0.25, -0.2) is 0 Å². The molecule has 0 aliphatic rings. The van der Waals surface area contributed by atoms with Crippen LogP contribution in [0.5, 0.6) is 0 Å². The fraction of sp³-hybridized carbons (Fsp3) is 0.964. The lowest BCUT2D eigenvalue weighted by Gasteiger charge is -2.28. The summed E-state index contributed by atoms with van der Waals surface area (Å²) >= 11 is 0. The quantitative estimate of drug-likeness (QED) is 0.194. The molecule has 0 fully saturated rings. The molecule has 0 aromatic carbocycles. The summed E-state index contributed by atoms with van der Waals surface area (Å²) in [4.78, 5) is 12.2. The first-order valence-corrected chi connectivity index (χ1v) is 13.5. The van der Waals surface area contributed by atoms with E-state index in [1.807, 2.05) is 0 Å². The minimum atomic E-state index is -0.0716. The molecule has 0 radical (unpaired) electrons. The standard InChI is InChI=1S/C28H57NO/c1-7-8-9-10-11-12-13-14-15-16-17-18-19-20-21-23-26(30)29-28(5,6)25-22-24-27(2,3)4/h7-25H2,1-6H3,(H,29,30). The van der Waals surface area contributed by atoms with E-state index in [1.165, 1.54) is 103 Å². The van der Waals surface area contributed by atoms with Gasteiger partial charge in [-0.05, 0) is 38.5 Å². The maximum atomic E-state index is 12.2. The van der Waals surface area contributed by atoms with Crippen LogP contribution < -0.4 is 5.32 Å². The Kier molecular flexibility index (Phi) is 17.8. The van der Waals surface area contributed by atoms with Gasteiger partial charge in [-0.3, -0.25) is 4.79 Å². The first-order valence-electron chi connectivity index (χ1n) is 13.5. The van der Waals surface area contributed by atoms with E-state index in [0.29, 0.717) is 11.8 Å². The van der Waals surface area contributed by atoms with E-state index in [1.54, 1.807) is 0 Å². The van der Waals surface area contributed by atoms with Crippen LogP contribution in [0.2, 0.25) is 0 Å². The predicted octanol–water partition coefficient (Wildman–Crippen LogP) is 9.36. The maximum absolute atomic E-state index is 12.2. The van der Waals surface area contributed by atoms with Gasteiger partial charge in [-0.2, -0.15) is 0 Å². The monoisotopic (exact) mass is 423 g/mol. The average molecular weight is 424 g/mol. The Labute approximate surface area is 190 Å². The SMILES string of the molecule is CCCCCCCCCCCCCCCCCC(=O)NC(C)(C)CCCC(C)(C)C. The van der Waals surface area contributed by atoms with Gasteiger partial charge in [-0.1, -0.05) is 124 Å². The molecule has 0 aromatic rings. The third kappa shape index (κ3) is 22.2. The van der Waals surface area contributed by atoms with E-state index >= 15 is 0 Å². The fourth-order valence-corrected chi connectivity index (χ4v) is 4.22. The second-order valence-corrected chi connectivity index (χ2v) is 11.5. The Morgan fingerprint density at radius 3 is 1.37 bits per heavy atom. The van der Waals surface area contributed by atoms with Crippen LogP contribution in [0.4, 0.5) is 0 Å². The molecule has 0 saturated heterocycles. The highest BCUT2D eigenvalue weighted by Crippen LogP contribution is 2.24. The molecule has 0 unspecified atom stereocenters. The zero-order chi connectivity index (χ0) is 22.7. The Morgan fingerprint density at radius 2 is 0.967 bits per heavy atom. The first kappa shape index (κ1) is 29.5. The summed E-state index contributed by atoms with van der Waals surface area (Å²) in [5.74, 6) is 0.241. The molecule has 30 heavy (non-hydrogen) atoms. The van der Waals surface area contributed by atoms with Crippen LogP contribution >= 0.6 is 0 Å². The Hall–Kier alpha value is -0.530. The third-order valence-corrected chi connectivity index (χ3v) is 6.21. The second-order valence-electron chi connectivity index (χ2n) is 11.5. The van der Waals surface area contributed by atoms with Crippen molar-refractivity contribution >= 4 is 5.91 Å². The van der Waals surface area contributed by atoms with Crippen LogP contribution in [0.25, 0.3) is 0 Å². The highest BCUT2D eigenvalue weighted by molar-refractivity contribution is 5.76. The lowest BCUT2D eigenvalue weighted by Crippen LogP contribution is -2.43. The molecule has 2 nitrogen and oxygen atoms in total. The lowest BCUT2D eigenvalue weighted by atomic mass is 9.86. The van der Waals surface area contributed by atoms with Crippen LogP contribution in [0.1, 0.15) is 164 Å². The van der Waals surface area contributed by atoms with Crippen molar-refractivity contribution in [3.05, 3.63) is 0 Å². The zero-order valence-corrected chi connectivity index (χ0v) is 21.8. The summed E-state index contributed by atoms with van der Waals surface area (Å²) in [7, 11) is 0. The van der Waals surface area contributed by atoms with Gasteiger partial charge in [0.05, 0.1) is 0 Å². The van der Waals surface area contributed by atoms with E-state index in [-0.39, 0.29) is 11.4 Å². The number of carbonyl (C=O) groups excluding carboxylic acids is 1. The molecule has 0 atom stereocenters. The highest BCUT2D eigenvalue weighted by Gasteiger charge is 2.21. The van der Waals surface area contributed by atoms with E-state index in [2.05, 4.69) is 46.9 Å². The third-order valence-electron chi connectivity index (χ3n) is 6.21. The topological polar surface area (TPSA) is 29.1 Å². The van der Waals surface area contributed by atoms with Crippen LogP contribution in [-0.4, -0.2) is 11.4 Å². The summed E-state index contributed by atoms with van der Waals surface area (Å²) in [6, 6.07) is 0. The van der Waals surface area contributed by atoms with Gasteiger partial charge in [0, 0.05) is 12.0 Å². The predicted molar refractivity (Wildman–Crippen MR) is 135 cm³/mol. The normalized spacial score (nSPS) is 12.3. The molecule has 0 aliphatic heterocycles. The molecule has 0 spiro atoms. The van der Waals surface area contributed by atoms with E-state index in [0.717, 1.165) is 12.8 Å². The number of amides is 1. The largest absolute Gasteiger partial charge is 0.351 e. The summed E-state index contributed by atoms with van der Waals surface area (Å²) in [6.45, 7) is 13.5. The molecule has 0 saturated carbocycles.